The number of thiophene rings is 1. The van der Waals surface area contributed by atoms with Crippen molar-refractivity contribution in [2.45, 2.75) is 6.54 Å². The van der Waals surface area contributed by atoms with Gasteiger partial charge >= 0.3 is 0 Å². The number of fused-ring (bicyclic) bond motifs is 1. The molecular weight excluding hydrogens is 451 g/mol. The Morgan fingerprint density at radius 1 is 1.00 bits per heavy atom. The van der Waals surface area contributed by atoms with Crippen LogP contribution in [-0.2, 0) is 6.54 Å². The Morgan fingerprint density at radius 2 is 1.74 bits per heavy atom. The van der Waals surface area contributed by atoms with Crippen molar-refractivity contribution in [2.24, 2.45) is 0 Å². The lowest BCUT2D eigenvalue weighted by molar-refractivity contribution is 0.0751. The maximum atomic E-state index is 14.3. The monoisotopic (exact) mass is 472 g/mol. The molecule has 4 aromatic rings. The number of amides is 1. The number of halogens is 1. The van der Waals surface area contributed by atoms with Crippen molar-refractivity contribution in [1.29, 1.82) is 5.26 Å². The minimum Gasteiger partial charge on any atom is -0.366 e. The Hall–Kier alpha value is -3.96. The Bertz CT molecular complexity index is 1460. The number of nitrogens with zero attached hydrogens (tertiary/aromatic N) is 4. The second-order valence-electron chi connectivity index (χ2n) is 8.09. The fourth-order valence-electron chi connectivity index (χ4n) is 4.46. The van der Waals surface area contributed by atoms with Gasteiger partial charge < -0.3 is 14.4 Å². The second kappa shape index (κ2) is 9.12. The van der Waals surface area contributed by atoms with Gasteiger partial charge in [-0.15, -0.1) is 11.3 Å². The summed E-state index contributed by atoms with van der Waals surface area (Å²) in [6, 6.07) is 19.5. The molecule has 0 unspecified atom stereocenters. The zero-order chi connectivity index (χ0) is 23.7. The average molecular weight is 473 g/mol. The molecule has 0 aliphatic carbocycles. The summed E-state index contributed by atoms with van der Waals surface area (Å²) in [7, 11) is 0. The van der Waals surface area contributed by atoms with Crippen molar-refractivity contribution < 1.29 is 9.18 Å². The first-order valence-electron chi connectivity index (χ1n) is 10.9. The molecule has 0 saturated carbocycles. The van der Waals surface area contributed by atoms with Crippen LogP contribution in [-0.4, -0.2) is 41.6 Å². The largest absolute Gasteiger partial charge is 0.366 e. The van der Waals surface area contributed by atoms with Gasteiger partial charge in [-0.05, 0) is 23.6 Å². The van der Waals surface area contributed by atoms with E-state index in [9.17, 15) is 19.2 Å². The number of carbonyl (C=O) groups is 1. The molecule has 0 N–H and O–H groups in total. The van der Waals surface area contributed by atoms with Crippen LogP contribution < -0.4 is 10.5 Å². The molecule has 1 amide bonds. The van der Waals surface area contributed by atoms with Gasteiger partial charge in [-0.2, -0.15) is 5.26 Å². The predicted molar refractivity (Wildman–Crippen MR) is 131 cm³/mol. The number of para-hydroxylation sites is 1. The topological polar surface area (TPSA) is 69.3 Å². The highest BCUT2D eigenvalue weighted by Crippen LogP contribution is 2.30. The first-order valence-corrected chi connectivity index (χ1v) is 11.8. The third-order valence-corrected chi connectivity index (χ3v) is 7.02. The van der Waals surface area contributed by atoms with Gasteiger partial charge in [0.2, 0.25) is 0 Å². The lowest BCUT2D eigenvalue weighted by Gasteiger charge is -2.37. The van der Waals surface area contributed by atoms with Crippen LogP contribution in [0.25, 0.3) is 10.9 Å². The number of rotatable bonds is 4. The van der Waals surface area contributed by atoms with Crippen LogP contribution in [0.3, 0.4) is 0 Å². The highest BCUT2D eigenvalue weighted by Gasteiger charge is 2.27. The SMILES string of the molecule is N#Cc1c(N2CCN(C(=O)c3cccs3)CC2)c2ccccc2n(Cc2ccccc2F)c1=O. The van der Waals surface area contributed by atoms with E-state index in [2.05, 4.69) is 6.07 Å². The number of nitriles is 1. The highest BCUT2D eigenvalue weighted by atomic mass is 32.1. The van der Waals surface area contributed by atoms with E-state index in [0.29, 0.717) is 47.8 Å². The van der Waals surface area contributed by atoms with Crippen molar-refractivity contribution >= 4 is 33.8 Å². The van der Waals surface area contributed by atoms with Gasteiger partial charge in [-0.25, -0.2) is 4.39 Å². The summed E-state index contributed by atoms with van der Waals surface area (Å²) in [6.45, 7) is 2.03. The molecule has 5 rings (SSSR count). The van der Waals surface area contributed by atoms with E-state index in [4.69, 9.17) is 0 Å². The standard InChI is InChI=1S/C26H21FN4O2S/c27-21-8-3-1-6-18(21)17-31-22-9-4-2-7-19(22)24(20(16-28)25(31)32)29-11-13-30(14-12-29)26(33)23-10-5-15-34-23/h1-10,15H,11-14,17H2. The zero-order valence-corrected chi connectivity index (χ0v) is 19.1. The van der Waals surface area contributed by atoms with Gasteiger partial charge in [0.1, 0.15) is 17.4 Å². The van der Waals surface area contributed by atoms with Gasteiger partial charge in [0.05, 0.1) is 22.6 Å². The minimum absolute atomic E-state index is 0.000296. The Balaban J connectivity index is 1.53. The van der Waals surface area contributed by atoms with Gasteiger partial charge in [0.25, 0.3) is 11.5 Å². The molecule has 0 radical (unpaired) electrons. The van der Waals surface area contributed by atoms with Gasteiger partial charge in [0.15, 0.2) is 0 Å². The number of benzene rings is 2. The quantitative estimate of drug-likeness (QED) is 0.449. The molecule has 2 aromatic heterocycles. The van der Waals surface area contributed by atoms with Crippen LogP contribution in [0.15, 0.2) is 70.8 Å². The summed E-state index contributed by atoms with van der Waals surface area (Å²) in [6.07, 6.45) is 0. The summed E-state index contributed by atoms with van der Waals surface area (Å²) < 4.78 is 15.8. The first-order chi connectivity index (χ1) is 16.6. The maximum Gasteiger partial charge on any atom is 0.271 e. The second-order valence-corrected chi connectivity index (χ2v) is 9.04. The lowest BCUT2D eigenvalue weighted by atomic mass is 10.1. The molecule has 0 spiro atoms. The molecule has 1 fully saturated rings. The summed E-state index contributed by atoms with van der Waals surface area (Å²) in [4.78, 5) is 30.7. The number of piperazine rings is 1. The van der Waals surface area contributed by atoms with Crippen LogP contribution in [0.5, 0.6) is 0 Å². The summed E-state index contributed by atoms with van der Waals surface area (Å²) in [5, 5.41) is 12.6. The van der Waals surface area contributed by atoms with Crippen molar-refractivity contribution in [3.05, 3.63) is 98.2 Å². The van der Waals surface area contributed by atoms with E-state index in [1.165, 1.54) is 22.0 Å². The highest BCUT2D eigenvalue weighted by molar-refractivity contribution is 7.12. The fourth-order valence-corrected chi connectivity index (χ4v) is 5.15. The average Bonchev–Trinajstić information content (AvgIpc) is 3.41. The fraction of sp³-hybridized carbons (Fsp3) is 0.192. The first kappa shape index (κ1) is 21.9. The summed E-state index contributed by atoms with van der Waals surface area (Å²) >= 11 is 1.42. The van der Waals surface area contributed by atoms with Crippen LogP contribution in [0.2, 0.25) is 0 Å². The van der Waals surface area contributed by atoms with E-state index >= 15 is 0 Å². The number of aromatic nitrogens is 1. The Labute approximate surface area is 199 Å². The van der Waals surface area contributed by atoms with E-state index in [1.54, 1.807) is 23.1 Å². The molecule has 3 heterocycles. The maximum absolute atomic E-state index is 14.3. The van der Waals surface area contributed by atoms with Gasteiger partial charge in [-0.3, -0.25) is 9.59 Å². The molecule has 0 atom stereocenters. The molecule has 2 aromatic carbocycles. The third kappa shape index (κ3) is 3.84. The van der Waals surface area contributed by atoms with Crippen molar-refractivity contribution in [1.82, 2.24) is 9.47 Å². The van der Waals surface area contributed by atoms with Crippen LogP contribution in [0.4, 0.5) is 10.1 Å². The Kier molecular flexibility index (Phi) is 5.86. The Morgan fingerprint density at radius 3 is 2.44 bits per heavy atom. The van der Waals surface area contributed by atoms with Crippen LogP contribution >= 0.6 is 11.3 Å². The van der Waals surface area contributed by atoms with Gasteiger partial charge in [0, 0.05) is 37.1 Å². The number of hydrogen-bond acceptors (Lipinski definition) is 5. The zero-order valence-electron chi connectivity index (χ0n) is 18.3. The van der Waals surface area contributed by atoms with E-state index < -0.39 is 11.4 Å². The summed E-state index contributed by atoms with van der Waals surface area (Å²) in [5.41, 5.74) is 1.19. The van der Waals surface area contributed by atoms with E-state index in [1.807, 2.05) is 46.7 Å². The number of carbonyl (C=O) groups excluding carboxylic acids is 1. The normalized spacial score (nSPS) is 13.8. The third-order valence-electron chi connectivity index (χ3n) is 6.16. The minimum atomic E-state index is -0.448. The van der Waals surface area contributed by atoms with Crippen molar-refractivity contribution in [2.75, 3.05) is 31.1 Å². The number of hydrogen-bond donors (Lipinski definition) is 0. The van der Waals surface area contributed by atoms with Crippen molar-refractivity contribution in [3.8, 4) is 6.07 Å². The molecule has 1 saturated heterocycles. The van der Waals surface area contributed by atoms with Crippen LogP contribution in [0, 0.1) is 17.1 Å². The lowest BCUT2D eigenvalue weighted by Crippen LogP contribution is -2.49. The molecule has 1 aliphatic heterocycles. The van der Waals surface area contributed by atoms with Crippen LogP contribution in [0.1, 0.15) is 20.8 Å². The number of pyridine rings is 1. The molecular formula is C26H21FN4O2S. The molecule has 0 bridgehead atoms. The van der Waals surface area contributed by atoms with E-state index in [-0.39, 0.29) is 18.0 Å². The smallest absolute Gasteiger partial charge is 0.271 e. The number of anilines is 1. The molecule has 8 heteroatoms. The predicted octanol–water partition coefficient (Wildman–Crippen LogP) is 4.08. The van der Waals surface area contributed by atoms with E-state index in [0.717, 1.165) is 5.39 Å². The van der Waals surface area contributed by atoms with Gasteiger partial charge in [-0.1, -0.05) is 42.5 Å². The molecule has 1 aliphatic rings. The molecule has 34 heavy (non-hydrogen) atoms. The molecule has 6 nitrogen and oxygen atoms in total. The van der Waals surface area contributed by atoms with Crippen molar-refractivity contribution in [3.63, 3.8) is 0 Å². The summed E-state index contributed by atoms with van der Waals surface area (Å²) in [5.74, 6) is -0.395. The molecule has 170 valence electrons.